The highest BCUT2D eigenvalue weighted by Crippen LogP contribution is 2.22. The molecular weight excluding hydrogens is 464 g/mol. The smallest absolute Gasteiger partial charge is 0.310 e. The highest BCUT2D eigenvalue weighted by Gasteiger charge is 2.41. The second-order valence-corrected chi connectivity index (χ2v) is 8.93. The van der Waals surface area contributed by atoms with Crippen LogP contribution in [0.2, 0.25) is 5.02 Å². The number of nitrogens with one attached hydrogen (secondary N) is 2. The number of nitrogens with zero attached hydrogens (tertiary/aromatic N) is 1. The van der Waals surface area contributed by atoms with Gasteiger partial charge in [-0.1, -0.05) is 24.9 Å². The van der Waals surface area contributed by atoms with Crippen LogP contribution < -0.4 is 16.4 Å². The molecule has 1 aromatic rings. The number of hydrogen-bond acceptors (Lipinski definition) is 7. The number of benzene rings is 1. The van der Waals surface area contributed by atoms with Crippen molar-refractivity contribution in [3.63, 3.8) is 0 Å². The highest BCUT2D eigenvalue weighted by molar-refractivity contribution is 6.33. The quantitative estimate of drug-likeness (QED) is 0.269. The fraction of sp³-hybridized carbons (Fsp3) is 0.565. The number of unbranched alkanes of at least 4 members (excludes halogenated alkanes) is 1. The minimum atomic E-state index is -0.862. The van der Waals surface area contributed by atoms with Gasteiger partial charge in [-0.2, -0.15) is 0 Å². The van der Waals surface area contributed by atoms with Gasteiger partial charge in [0, 0.05) is 12.1 Å². The molecule has 10 nitrogen and oxygen atoms in total. The van der Waals surface area contributed by atoms with E-state index in [1.54, 1.807) is 6.92 Å². The Hall–Kier alpha value is -2.85. The Kier molecular flexibility index (Phi) is 8.73. The van der Waals surface area contributed by atoms with Gasteiger partial charge in [0.25, 0.3) is 5.91 Å². The summed E-state index contributed by atoms with van der Waals surface area (Å²) >= 11 is 5.98. The average molecular weight is 495 g/mol. The number of nitrogens with two attached hydrogens (primary N) is 1. The zero-order valence-electron chi connectivity index (χ0n) is 19.3. The maximum atomic E-state index is 13.1. The maximum Gasteiger partial charge on any atom is 0.310 e. The molecule has 2 heterocycles. The number of carbonyl (C=O) groups excluding carboxylic acids is 4. The first kappa shape index (κ1) is 25.8. The predicted molar refractivity (Wildman–Crippen MR) is 125 cm³/mol. The monoisotopic (exact) mass is 494 g/mol. The summed E-state index contributed by atoms with van der Waals surface area (Å²) < 4.78 is 10.8. The van der Waals surface area contributed by atoms with Crippen molar-refractivity contribution in [3.05, 3.63) is 28.8 Å². The summed E-state index contributed by atoms with van der Waals surface area (Å²) in [5.74, 6) is -1.66. The van der Waals surface area contributed by atoms with Gasteiger partial charge >= 0.3 is 5.97 Å². The topological polar surface area (TPSA) is 140 Å². The van der Waals surface area contributed by atoms with Gasteiger partial charge in [-0.05, 0) is 44.4 Å². The van der Waals surface area contributed by atoms with Crippen LogP contribution in [0.4, 0.5) is 5.69 Å². The molecule has 3 amide bonds. The summed E-state index contributed by atoms with van der Waals surface area (Å²) in [6, 6.07) is 2.29. The molecule has 2 aliphatic rings. The summed E-state index contributed by atoms with van der Waals surface area (Å²) in [5, 5.41) is 5.71. The molecule has 0 bridgehead atoms. The normalized spacial score (nSPS) is 22.9. The molecule has 0 radical (unpaired) electrons. The minimum Gasteiger partial charge on any atom is -0.433 e. The zero-order valence-corrected chi connectivity index (χ0v) is 20.1. The van der Waals surface area contributed by atoms with E-state index in [9.17, 15) is 19.2 Å². The molecule has 0 unspecified atom stereocenters. The molecule has 0 saturated carbocycles. The second-order valence-electron chi connectivity index (χ2n) is 8.52. The molecule has 4 atom stereocenters. The van der Waals surface area contributed by atoms with E-state index in [0.29, 0.717) is 31.7 Å². The number of carbonyl (C=O) groups is 4. The lowest BCUT2D eigenvalue weighted by Crippen LogP contribution is -2.54. The predicted octanol–water partition coefficient (Wildman–Crippen LogP) is 1.61. The summed E-state index contributed by atoms with van der Waals surface area (Å²) in [5.41, 5.74) is 6.29. The number of ether oxygens (including phenoxy) is 2. The molecule has 186 valence electrons. The van der Waals surface area contributed by atoms with Crippen molar-refractivity contribution in [1.82, 2.24) is 15.5 Å². The van der Waals surface area contributed by atoms with Gasteiger partial charge in [0.2, 0.25) is 18.1 Å². The van der Waals surface area contributed by atoms with Crippen molar-refractivity contribution in [2.75, 3.05) is 18.9 Å². The first-order valence-corrected chi connectivity index (χ1v) is 11.9. The van der Waals surface area contributed by atoms with E-state index >= 15 is 0 Å². The number of likely N-dealkylation sites (tertiary alicyclic amines) is 1. The summed E-state index contributed by atoms with van der Waals surface area (Å²) in [4.78, 5) is 51.8. The number of cyclic esters (lactones) is 1. The van der Waals surface area contributed by atoms with Crippen LogP contribution >= 0.6 is 11.6 Å². The van der Waals surface area contributed by atoms with E-state index in [0.717, 1.165) is 12.8 Å². The molecule has 0 aromatic heterocycles. The molecule has 3 rings (SSSR count). The van der Waals surface area contributed by atoms with E-state index in [1.165, 1.54) is 23.1 Å². The number of anilines is 1. The van der Waals surface area contributed by atoms with Gasteiger partial charge in [-0.15, -0.1) is 0 Å². The van der Waals surface area contributed by atoms with Crippen molar-refractivity contribution in [2.45, 2.75) is 70.4 Å². The maximum absolute atomic E-state index is 13.1. The molecule has 4 N–H and O–H groups in total. The van der Waals surface area contributed by atoms with Gasteiger partial charge in [0.1, 0.15) is 18.1 Å². The van der Waals surface area contributed by atoms with Crippen LogP contribution in [0.1, 0.15) is 56.3 Å². The third kappa shape index (κ3) is 6.18. The Morgan fingerprint density at radius 1 is 1.35 bits per heavy atom. The van der Waals surface area contributed by atoms with Crippen molar-refractivity contribution in [3.8, 4) is 0 Å². The van der Waals surface area contributed by atoms with Gasteiger partial charge in [-0.25, -0.2) is 0 Å². The molecule has 0 aliphatic carbocycles. The van der Waals surface area contributed by atoms with E-state index in [4.69, 9.17) is 26.8 Å². The summed E-state index contributed by atoms with van der Waals surface area (Å²) in [6.45, 7) is 4.39. The molecule has 2 fully saturated rings. The molecular formula is C23H31ClN4O6. The molecule has 11 heteroatoms. The first-order chi connectivity index (χ1) is 16.2. The summed E-state index contributed by atoms with van der Waals surface area (Å²) in [6.07, 6.45) is 2.05. The SMILES string of the molecule is CCCCO[C@@H]1OC(=O)C[C@@H]1NC(=O)[C@@H]1CCCN1C(=O)[C@H](C)NC(=O)c1ccc(N)c(Cl)c1. The van der Waals surface area contributed by atoms with Crippen LogP contribution in [0.5, 0.6) is 0 Å². The van der Waals surface area contributed by atoms with E-state index in [-0.39, 0.29) is 28.8 Å². The Morgan fingerprint density at radius 2 is 2.12 bits per heavy atom. The highest BCUT2D eigenvalue weighted by atomic mass is 35.5. The Labute approximate surface area is 203 Å². The lowest BCUT2D eigenvalue weighted by atomic mass is 10.1. The van der Waals surface area contributed by atoms with E-state index < -0.39 is 36.3 Å². The molecule has 2 saturated heterocycles. The summed E-state index contributed by atoms with van der Waals surface area (Å²) in [7, 11) is 0. The fourth-order valence-corrected chi connectivity index (χ4v) is 4.17. The van der Waals surface area contributed by atoms with Crippen LogP contribution in [-0.4, -0.2) is 66.2 Å². The van der Waals surface area contributed by atoms with Crippen LogP contribution in [0.3, 0.4) is 0 Å². The lowest BCUT2D eigenvalue weighted by Gasteiger charge is -2.28. The third-order valence-corrected chi connectivity index (χ3v) is 6.22. The second kappa shape index (κ2) is 11.5. The van der Waals surface area contributed by atoms with Crippen molar-refractivity contribution < 1.29 is 28.7 Å². The lowest BCUT2D eigenvalue weighted by molar-refractivity contribution is -0.165. The van der Waals surface area contributed by atoms with E-state index in [2.05, 4.69) is 10.6 Å². The Balaban J connectivity index is 1.59. The number of amides is 3. The standard InChI is InChI=1S/C23H31ClN4O6/c1-3-4-10-33-23-17(12-19(29)34-23)27-21(31)18-6-5-9-28(18)22(32)13(2)26-20(30)14-7-8-16(25)15(24)11-14/h7-8,11,13,17-18,23H,3-6,9-10,12,25H2,1-2H3,(H,26,30)(H,27,31)/t13-,17-,18-,23+/m0/s1. The van der Waals surface area contributed by atoms with Crippen LogP contribution in [0.15, 0.2) is 18.2 Å². The molecule has 2 aliphatic heterocycles. The minimum absolute atomic E-state index is 0.0137. The van der Waals surface area contributed by atoms with Crippen LogP contribution in [-0.2, 0) is 23.9 Å². The van der Waals surface area contributed by atoms with Gasteiger partial charge in [0.15, 0.2) is 0 Å². The zero-order chi connectivity index (χ0) is 24.8. The first-order valence-electron chi connectivity index (χ1n) is 11.5. The number of esters is 1. The number of nitrogen functional groups attached to an aromatic ring is 1. The van der Waals surface area contributed by atoms with E-state index in [1.807, 2.05) is 6.92 Å². The largest absolute Gasteiger partial charge is 0.433 e. The van der Waals surface area contributed by atoms with Gasteiger partial charge < -0.3 is 30.7 Å². The average Bonchev–Trinajstić information content (AvgIpc) is 3.42. The molecule has 1 aromatic carbocycles. The third-order valence-electron chi connectivity index (χ3n) is 5.89. The molecule has 34 heavy (non-hydrogen) atoms. The van der Waals surface area contributed by atoms with Crippen molar-refractivity contribution >= 4 is 41.0 Å². The fourth-order valence-electron chi connectivity index (χ4n) is 3.99. The molecule has 0 spiro atoms. The Morgan fingerprint density at radius 3 is 2.82 bits per heavy atom. The van der Waals surface area contributed by atoms with Crippen molar-refractivity contribution in [1.29, 1.82) is 0 Å². The van der Waals surface area contributed by atoms with Crippen molar-refractivity contribution in [2.24, 2.45) is 0 Å². The number of halogens is 1. The van der Waals surface area contributed by atoms with Gasteiger partial charge in [0.05, 0.1) is 23.7 Å². The number of hydrogen-bond donors (Lipinski definition) is 3. The van der Waals surface area contributed by atoms with Gasteiger partial charge in [-0.3, -0.25) is 19.2 Å². The van der Waals surface area contributed by atoms with Crippen LogP contribution in [0, 0.1) is 0 Å². The number of rotatable bonds is 9. The Bertz CT molecular complexity index is 942. The van der Waals surface area contributed by atoms with Crippen LogP contribution in [0.25, 0.3) is 0 Å².